The van der Waals surface area contributed by atoms with Crippen LogP contribution in [-0.4, -0.2) is 27.1 Å². The molecule has 0 aliphatic rings. The van der Waals surface area contributed by atoms with Gasteiger partial charge in [-0.3, -0.25) is 10.1 Å². The number of fused-ring (bicyclic) bond motifs is 1. The molecule has 4 rings (SSSR count). The Kier molecular flexibility index (Phi) is 5.04. The van der Waals surface area contributed by atoms with E-state index in [1.807, 2.05) is 35.7 Å². The number of thiazole rings is 1. The first kappa shape index (κ1) is 17.5. The zero-order valence-corrected chi connectivity index (χ0v) is 15.7. The summed E-state index contributed by atoms with van der Waals surface area (Å²) in [5.74, 6) is 0.749. The van der Waals surface area contributed by atoms with Crippen LogP contribution in [0, 0.1) is 0 Å². The topological polar surface area (TPSA) is 68.5 Å². The summed E-state index contributed by atoms with van der Waals surface area (Å²) in [7, 11) is 0. The standard InChI is InChI=1S/C19H15ClN4O2S/c20-14-6-8-15(9-7-14)26-11-10-17(25)21-18-22-19-24(23-18)16(12-27-19)13-4-2-1-3-5-13/h1-9,12H,10-11H2,(H,21,23,25). The maximum atomic E-state index is 12.1. The second-order valence-electron chi connectivity index (χ2n) is 5.72. The highest BCUT2D eigenvalue weighted by atomic mass is 35.5. The normalized spacial score (nSPS) is 10.9. The van der Waals surface area contributed by atoms with E-state index in [0.29, 0.717) is 10.8 Å². The highest BCUT2D eigenvalue weighted by Crippen LogP contribution is 2.25. The van der Waals surface area contributed by atoms with Gasteiger partial charge in [0, 0.05) is 16.0 Å². The second-order valence-corrected chi connectivity index (χ2v) is 6.99. The highest BCUT2D eigenvalue weighted by molar-refractivity contribution is 7.15. The van der Waals surface area contributed by atoms with Crippen LogP contribution in [0.3, 0.4) is 0 Å². The van der Waals surface area contributed by atoms with Gasteiger partial charge in [0.1, 0.15) is 5.75 Å². The van der Waals surface area contributed by atoms with E-state index in [4.69, 9.17) is 16.3 Å². The molecule has 1 N–H and O–H groups in total. The van der Waals surface area contributed by atoms with Crippen molar-refractivity contribution in [2.24, 2.45) is 0 Å². The van der Waals surface area contributed by atoms with Gasteiger partial charge in [-0.25, -0.2) is 4.52 Å². The molecule has 0 radical (unpaired) electrons. The van der Waals surface area contributed by atoms with Crippen molar-refractivity contribution < 1.29 is 9.53 Å². The highest BCUT2D eigenvalue weighted by Gasteiger charge is 2.13. The van der Waals surface area contributed by atoms with E-state index < -0.39 is 0 Å². The SMILES string of the molecule is O=C(CCOc1ccc(Cl)cc1)Nc1nc2scc(-c3ccccc3)n2n1. The molecule has 136 valence electrons. The number of amides is 1. The predicted octanol–water partition coefficient (Wildman–Crippen LogP) is 4.52. The Hall–Kier alpha value is -2.90. The molecule has 2 heterocycles. The fourth-order valence-corrected chi connectivity index (χ4v) is 3.48. The average Bonchev–Trinajstić information content (AvgIpc) is 3.24. The molecule has 0 unspecified atom stereocenters. The van der Waals surface area contributed by atoms with Crippen LogP contribution in [0.1, 0.15) is 6.42 Å². The van der Waals surface area contributed by atoms with Crippen LogP contribution in [0.5, 0.6) is 5.75 Å². The van der Waals surface area contributed by atoms with Crippen LogP contribution >= 0.6 is 22.9 Å². The second kappa shape index (κ2) is 7.77. The first-order chi connectivity index (χ1) is 13.2. The van der Waals surface area contributed by atoms with Crippen LogP contribution in [0.4, 0.5) is 5.95 Å². The van der Waals surface area contributed by atoms with Crippen LogP contribution < -0.4 is 10.1 Å². The first-order valence-electron chi connectivity index (χ1n) is 8.27. The number of carbonyl (C=O) groups excluding carboxylic acids is 1. The predicted molar refractivity (Wildman–Crippen MR) is 106 cm³/mol. The molecule has 27 heavy (non-hydrogen) atoms. The molecule has 2 aromatic carbocycles. The third-order valence-corrected chi connectivity index (χ3v) is 4.88. The van der Waals surface area contributed by atoms with Crippen LogP contribution in [0.25, 0.3) is 16.2 Å². The van der Waals surface area contributed by atoms with E-state index in [1.165, 1.54) is 11.3 Å². The van der Waals surface area contributed by atoms with Crippen molar-refractivity contribution in [1.29, 1.82) is 0 Å². The number of nitrogens with zero attached hydrogens (tertiary/aromatic N) is 3. The molecule has 0 atom stereocenters. The lowest BCUT2D eigenvalue weighted by atomic mass is 10.2. The minimum atomic E-state index is -0.205. The molecular formula is C19H15ClN4O2S. The van der Waals surface area contributed by atoms with Gasteiger partial charge in [-0.1, -0.05) is 41.9 Å². The summed E-state index contributed by atoms with van der Waals surface area (Å²) in [6.07, 6.45) is 0.195. The van der Waals surface area contributed by atoms with Crippen LogP contribution in [-0.2, 0) is 4.79 Å². The number of nitrogens with one attached hydrogen (secondary N) is 1. The molecule has 0 saturated heterocycles. The lowest BCUT2D eigenvalue weighted by Crippen LogP contribution is -2.16. The van der Waals surface area contributed by atoms with Gasteiger partial charge in [0.15, 0.2) is 0 Å². The summed E-state index contributed by atoms with van der Waals surface area (Å²) >= 11 is 7.30. The van der Waals surface area contributed by atoms with Gasteiger partial charge < -0.3 is 4.74 Å². The molecule has 0 aliphatic heterocycles. The van der Waals surface area contributed by atoms with Crippen molar-refractivity contribution in [2.45, 2.75) is 6.42 Å². The number of hydrogen-bond acceptors (Lipinski definition) is 5. The van der Waals surface area contributed by atoms with Crippen molar-refractivity contribution in [3.8, 4) is 17.0 Å². The Bertz CT molecular complexity index is 1060. The van der Waals surface area contributed by atoms with Gasteiger partial charge in [-0.15, -0.1) is 16.4 Å². The molecule has 2 aromatic heterocycles. The fraction of sp³-hybridized carbons (Fsp3) is 0.105. The summed E-state index contributed by atoms with van der Waals surface area (Å²) in [6.45, 7) is 0.255. The summed E-state index contributed by atoms with van der Waals surface area (Å²) in [6, 6.07) is 16.9. The fourth-order valence-electron chi connectivity index (χ4n) is 2.52. The monoisotopic (exact) mass is 398 g/mol. The Morgan fingerprint density at radius 3 is 2.70 bits per heavy atom. The number of ether oxygens (including phenoxy) is 1. The average molecular weight is 399 g/mol. The van der Waals surface area contributed by atoms with Crippen molar-refractivity contribution in [2.75, 3.05) is 11.9 Å². The van der Waals surface area contributed by atoms with E-state index in [0.717, 1.165) is 16.2 Å². The molecule has 0 bridgehead atoms. The number of aromatic nitrogens is 3. The van der Waals surface area contributed by atoms with Gasteiger partial charge in [0.25, 0.3) is 0 Å². The number of anilines is 1. The Balaban J connectivity index is 1.37. The van der Waals surface area contributed by atoms with Crippen molar-refractivity contribution in [3.05, 3.63) is 65.0 Å². The molecule has 0 saturated carbocycles. The lowest BCUT2D eigenvalue weighted by Gasteiger charge is -2.05. The van der Waals surface area contributed by atoms with Crippen molar-refractivity contribution >= 4 is 39.8 Å². The van der Waals surface area contributed by atoms with E-state index in [-0.39, 0.29) is 24.9 Å². The van der Waals surface area contributed by atoms with Gasteiger partial charge in [0.05, 0.1) is 18.7 Å². The van der Waals surface area contributed by atoms with Crippen molar-refractivity contribution in [3.63, 3.8) is 0 Å². The van der Waals surface area contributed by atoms with Crippen molar-refractivity contribution in [1.82, 2.24) is 14.6 Å². The van der Waals surface area contributed by atoms with Gasteiger partial charge >= 0.3 is 0 Å². The third-order valence-electron chi connectivity index (χ3n) is 3.81. The van der Waals surface area contributed by atoms with Gasteiger partial charge in [0.2, 0.25) is 16.8 Å². The van der Waals surface area contributed by atoms with Gasteiger partial charge in [-0.05, 0) is 24.3 Å². The molecule has 6 nitrogen and oxygen atoms in total. The molecule has 8 heteroatoms. The molecular weight excluding hydrogens is 384 g/mol. The maximum absolute atomic E-state index is 12.1. The summed E-state index contributed by atoms with van der Waals surface area (Å²) in [5.41, 5.74) is 1.98. The number of halogens is 1. The molecule has 0 spiro atoms. The molecule has 0 fully saturated rings. The summed E-state index contributed by atoms with van der Waals surface area (Å²) in [4.78, 5) is 17.2. The van der Waals surface area contributed by atoms with E-state index >= 15 is 0 Å². The lowest BCUT2D eigenvalue weighted by molar-refractivity contribution is -0.116. The number of hydrogen-bond donors (Lipinski definition) is 1. The molecule has 4 aromatic rings. The number of benzene rings is 2. The third kappa shape index (κ3) is 4.10. The van der Waals surface area contributed by atoms with E-state index in [2.05, 4.69) is 15.4 Å². The Morgan fingerprint density at radius 2 is 1.93 bits per heavy atom. The number of carbonyl (C=O) groups is 1. The number of rotatable bonds is 6. The largest absolute Gasteiger partial charge is 0.493 e. The van der Waals surface area contributed by atoms with E-state index in [9.17, 15) is 4.79 Å². The zero-order chi connectivity index (χ0) is 18.6. The molecule has 1 amide bonds. The quantitative estimate of drug-likeness (QED) is 0.518. The van der Waals surface area contributed by atoms with Crippen LogP contribution in [0.2, 0.25) is 5.02 Å². The Labute approximate surface area is 164 Å². The maximum Gasteiger partial charge on any atom is 0.250 e. The first-order valence-corrected chi connectivity index (χ1v) is 9.53. The Morgan fingerprint density at radius 1 is 1.15 bits per heavy atom. The summed E-state index contributed by atoms with van der Waals surface area (Å²) in [5, 5.41) is 9.74. The summed E-state index contributed by atoms with van der Waals surface area (Å²) < 4.78 is 7.26. The van der Waals surface area contributed by atoms with Crippen LogP contribution in [0.15, 0.2) is 60.0 Å². The smallest absolute Gasteiger partial charge is 0.250 e. The molecule has 0 aliphatic carbocycles. The van der Waals surface area contributed by atoms with Gasteiger partial charge in [-0.2, -0.15) is 4.98 Å². The minimum absolute atomic E-state index is 0.195. The van der Waals surface area contributed by atoms with E-state index in [1.54, 1.807) is 28.8 Å². The zero-order valence-electron chi connectivity index (χ0n) is 14.1. The minimum Gasteiger partial charge on any atom is -0.493 e.